The van der Waals surface area contributed by atoms with Crippen LogP contribution in [0.25, 0.3) is 10.9 Å². The molecule has 1 atom stereocenters. The molecule has 1 aromatic heterocycles. The molecule has 132 valence electrons. The molecule has 0 aliphatic carbocycles. The quantitative estimate of drug-likeness (QED) is 0.730. The van der Waals surface area contributed by atoms with Crippen LogP contribution in [0.3, 0.4) is 0 Å². The molecule has 1 aliphatic rings. The average molecular weight is 345 g/mol. The average Bonchev–Trinajstić information content (AvgIpc) is 2.67. The van der Waals surface area contributed by atoms with Crippen molar-refractivity contribution in [2.75, 3.05) is 20.6 Å². The summed E-state index contributed by atoms with van der Waals surface area (Å²) in [6, 6.07) is 18.7. The fourth-order valence-corrected chi connectivity index (χ4v) is 3.73. The molecular weight excluding hydrogens is 322 g/mol. The van der Waals surface area contributed by atoms with E-state index in [9.17, 15) is 4.79 Å². The Hall–Kier alpha value is -2.72. The van der Waals surface area contributed by atoms with Gasteiger partial charge in [-0.15, -0.1) is 0 Å². The second-order valence-corrected chi connectivity index (χ2v) is 7.14. The molecule has 0 saturated heterocycles. The maximum atomic E-state index is 12.9. The van der Waals surface area contributed by atoms with E-state index in [2.05, 4.69) is 41.2 Å². The van der Waals surface area contributed by atoms with Gasteiger partial charge in [-0.25, -0.2) is 0 Å². The van der Waals surface area contributed by atoms with E-state index in [4.69, 9.17) is 0 Å². The smallest absolute Gasteiger partial charge is 0.255 e. The molecule has 2 heterocycles. The van der Waals surface area contributed by atoms with Crippen molar-refractivity contribution < 1.29 is 4.79 Å². The summed E-state index contributed by atoms with van der Waals surface area (Å²) in [5.74, 6) is 0.0236. The van der Waals surface area contributed by atoms with Gasteiger partial charge in [0.2, 0.25) is 0 Å². The third-order valence-electron chi connectivity index (χ3n) is 5.29. The van der Waals surface area contributed by atoms with Gasteiger partial charge in [0.05, 0.1) is 11.1 Å². The van der Waals surface area contributed by atoms with Crippen molar-refractivity contribution in [1.29, 1.82) is 0 Å². The van der Waals surface area contributed by atoms with Crippen LogP contribution in [-0.4, -0.2) is 47.4 Å². The molecule has 0 unspecified atom stereocenters. The van der Waals surface area contributed by atoms with E-state index in [0.29, 0.717) is 18.2 Å². The summed E-state index contributed by atoms with van der Waals surface area (Å²) >= 11 is 0. The van der Waals surface area contributed by atoms with Gasteiger partial charge in [0.15, 0.2) is 0 Å². The highest BCUT2D eigenvalue weighted by atomic mass is 16.2. The van der Waals surface area contributed by atoms with E-state index < -0.39 is 0 Å². The van der Waals surface area contributed by atoms with Gasteiger partial charge in [0.25, 0.3) is 5.91 Å². The number of para-hydroxylation sites is 1. The number of aromatic nitrogens is 1. The van der Waals surface area contributed by atoms with Crippen LogP contribution >= 0.6 is 0 Å². The number of benzene rings is 2. The first kappa shape index (κ1) is 16.7. The van der Waals surface area contributed by atoms with E-state index in [0.717, 1.165) is 23.9 Å². The molecule has 0 radical (unpaired) electrons. The fourth-order valence-electron chi connectivity index (χ4n) is 3.73. The minimum atomic E-state index is 0.0236. The first-order valence-corrected chi connectivity index (χ1v) is 8.99. The number of fused-ring (bicyclic) bond motifs is 2. The minimum Gasteiger partial charge on any atom is -0.340 e. The predicted molar refractivity (Wildman–Crippen MR) is 104 cm³/mol. The summed E-state index contributed by atoms with van der Waals surface area (Å²) in [4.78, 5) is 21.5. The molecule has 4 heteroatoms. The van der Waals surface area contributed by atoms with E-state index >= 15 is 0 Å². The fraction of sp³-hybridized carbons (Fsp3) is 0.273. The Labute approximate surface area is 154 Å². The summed E-state index contributed by atoms with van der Waals surface area (Å²) in [7, 11) is 4.02. The molecule has 1 aliphatic heterocycles. The Balaban J connectivity index is 1.50. The van der Waals surface area contributed by atoms with Crippen LogP contribution in [0.2, 0.25) is 0 Å². The Morgan fingerprint density at radius 3 is 2.73 bits per heavy atom. The lowest BCUT2D eigenvalue weighted by atomic mass is 9.94. The van der Waals surface area contributed by atoms with Crippen LogP contribution in [0.5, 0.6) is 0 Å². The number of nitrogens with zero attached hydrogens (tertiary/aromatic N) is 3. The Morgan fingerprint density at radius 2 is 1.88 bits per heavy atom. The Morgan fingerprint density at radius 1 is 1.15 bits per heavy atom. The van der Waals surface area contributed by atoms with E-state index in [1.807, 2.05) is 42.3 Å². The van der Waals surface area contributed by atoms with Crippen LogP contribution in [0.4, 0.5) is 0 Å². The molecule has 2 aromatic carbocycles. The molecule has 3 aromatic rings. The molecule has 0 bridgehead atoms. The summed E-state index contributed by atoms with van der Waals surface area (Å²) in [6.07, 6.45) is 2.65. The first-order valence-electron chi connectivity index (χ1n) is 8.99. The van der Waals surface area contributed by atoms with Crippen LogP contribution in [-0.2, 0) is 13.0 Å². The van der Waals surface area contributed by atoms with Crippen molar-refractivity contribution in [3.8, 4) is 0 Å². The number of rotatable bonds is 3. The van der Waals surface area contributed by atoms with Gasteiger partial charge in [0, 0.05) is 37.8 Å². The molecule has 0 saturated carbocycles. The van der Waals surface area contributed by atoms with Crippen LogP contribution in [0, 0.1) is 0 Å². The monoisotopic (exact) mass is 345 g/mol. The number of carbonyl (C=O) groups excluding carboxylic acids is 1. The maximum Gasteiger partial charge on any atom is 0.255 e. The molecule has 0 spiro atoms. The lowest BCUT2D eigenvalue weighted by Gasteiger charge is -2.36. The number of amides is 1. The largest absolute Gasteiger partial charge is 0.340 e. The predicted octanol–water partition coefficient (Wildman–Crippen LogP) is 3.36. The molecule has 0 N–H and O–H groups in total. The van der Waals surface area contributed by atoms with Gasteiger partial charge in [-0.1, -0.05) is 42.5 Å². The van der Waals surface area contributed by atoms with Crippen LogP contribution < -0.4 is 0 Å². The molecule has 26 heavy (non-hydrogen) atoms. The number of pyridine rings is 1. The standard InChI is InChI=1S/C22H23N3O/c1-24-14-18-9-4-3-7-16(18)12-20(24)15-25(2)22(26)19-11-17-8-5-6-10-21(17)23-13-19/h3-11,13,20H,12,14-15H2,1-2H3/t20-/m1/s1. The van der Waals surface area contributed by atoms with Gasteiger partial charge in [-0.05, 0) is 36.7 Å². The van der Waals surface area contributed by atoms with Crippen molar-refractivity contribution in [1.82, 2.24) is 14.8 Å². The highest BCUT2D eigenvalue weighted by Gasteiger charge is 2.26. The summed E-state index contributed by atoms with van der Waals surface area (Å²) in [5.41, 5.74) is 4.34. The zero-order valence-electron chi connectivity index (χ0n) is 15.2. The van der Waals surface area contributed by atoms with E-state index in [-0.39, 0.29) is 5.91 Å². The summed E-state index contributed by atoms with van der Waals surface area (Å²) in [5, 5.41) is 0.996. The number of hydrogen-bond donors (Lipinski definition) is 0. The highest BCUT2D eigenvalue weighted by Crippen LogP contribution is 2.23. The van der Waals surface area contributed by atoms with Crippen molar-refractivity contribution in [2.24, 2.45) is 0 Å². The number of likely N-dealkylation sites (N-methyl/N-ethyl adjacent to an activating group) is 2. The highest BCUT2D eigenvalue weighted by molar-refractivity contribution is 5.97. The lowest BCUT2D eigenvalue weighted by Crippen LogP contribution is -2.46. The second kappa shape index (κ2) is 6.89. The summed E-state index contributed by atoms with van der Waals surface area (Å²) in [6.45, 7) is 1.64. The van der Waals surface area contributed by atoms with Crippen LogP contribution in [0.1, 0.15) is 21.5 Å². The minimum absolute atomic E-state index is 0.0236. The van der Waals surface area contributed by atoms with Gasteiger partial charge in [-0.2, -0.15) is 0 Å². The van der Waals surface area contributed by atoms with E-state index in [1.165, 1.54) is 11.1 Å². The Kier molecular flexibility index (Phi) is 4.43. The molecule has 4 rings (SSSR count). The molecule has 0 fully saturated rings. The van der Waals surface area contributed by atoms with Gasteiger partial charge >= 0.3 is 0 Å². The van der Waals surface area contributed by atoms with Crippen molar-refractivity contribution >= 4 is 16.8 Å². The lowest BCUT2D eigenvalue weighted by molar-refractivity contribution is 0.0733. The van der Waals surface area contributed by atoms with Gasteiger partial charge in [0.1, 0.15) is 0 Å². The molecule has 4 nitrogen and oxygen atoms in total. The van der Waals surface area contributed by atoms with Gasteiger partial charge < -0.3 is 4.90 Å². The first-order chi connectivity index (χ1) is 12.6. The third kappa shape index (κ3) is 3.20. The SMILES string of the molecule is CN(C[C@H]1Cc2ccccc2CN1C)C(=O)c1cnc2ccccc2c1. The molecular formula is C22H23N3O. The van der Waals surface area contributed by atoms with Gasteiger partial charge in [-0.3, -0.25) is 14.7 Å². The second-order valence-electron chi connectivity index (χ2n) is 7.14. The summed E-state index contributed by atoms with van der Waals surface area (Å²) < 4.78 is 0. The maximum absolute atomic E-state index is 12.9. The van der Waals surface area contributed by atoms with E-state index in [1.54, 1.807) is 6.20 Å². The zero-order chi connectivity index (χ0) is 18.1. The van der Waals surface area contributed by atoms with Crippen molar-refractivity contribution in [3.05, 3.63) is 77.5 Å². The van der Waals surface area contributed by atoms with Crippen molar-refractivity contribution in [3.63, 3.8) is 0 Å². The van der Waals surface area contributed by atoms with Crippen molar-refractivity contribution in [2.45, 2.75) is 19.0 Å². The third-order valence-corrected chi connectivity index (χ3v) is 5.29. The molecule has 1 amide bonds. The normalized spacial score (nSPS) is 17.1. The topological polar surface area (TPSA) is 36.4 Å². The van der Waals surface area contributed by atoms with Crippen LogP contribution in [0.15, 0.2) is 60.8 Å². The zero-order valence-corrected chi connectivity index (χ0v) is 15.2. The Bertz CT molecular complexity index is 953. The number of carbonyl (C=O) groups is 1. The number of hydrogen-bond acceptors (Lipinski definition) is 3.